The Morgan fingerprint density at radius 2 is 1.32 bits per heavy atom. The van der Waals surface area contributed by atoms with Gasteiger partial charge in [-0.3, -0.25) is 19.2 Å². The number of epoxide rings is 2. The Morgan fingerprint density at radius 3 is 1.92 bits per heavy atom. The van der Waals surface area contributed by atoms with E-state index in [9.17, 15) is 34.2 Å². The molecule has 1 saturated carbocycles. The van der Waals surface area contributed by atoms with Gasteiger partial charge in [0.25, 0.3) is 0 Å². The Hall–Kier alpha value is -3.74. The van der Waals surface area contributed by atoms with Gasteiger partial charge < -0.3 is 29.2 Å². The SMILES string of the molecule is CCCCCC1OC2C3=C(C(=O)C4(CC=C(C)C(=O)O)OC4C3=O)C1C1C(CCCCC)OC=C3C(=O)C4OC4(CC=C(C)C(=O)O)C(=O)C321. The maximum absolute atomic E-state index is 15.4. The van der Waals surface area contributed by atoms with Gasteiger partial charge in [-0.1, -0.05) is 58.1 Å². The largest absolute Gasteiger partial charge is 0.497 e. The molecular weight excluding hydrogens is 648 g/mol. The molecule has 0 amide bonds. The van der Waals surface area contributed by atoms with Crippen molar-refractivity contribution in [3.05, 3.63) is 46.3 Å². The lowest BCUT2D eigenvalue weighted by Gasteiger charge is -2.63. The van der Waals surface area contributed by atoms with E-state index in [0.29, 0.717) is 12.8 Å². The Labute approximate surface area is 289 Å². The van der Waals surface area contributed by atoms with E-state index in [2.05, 4.69) is 13.8 Å². The van der Waals surface area contributed by atoms with E-state index < -0.39 is 94.0 Å². The molecule has 10 unspecified atom stereocenters. The molecule has 12 nitrogen and oxygen atoms in total. The molecule has 0 aromatic carbocycles. The Kier molecular flexibility index (Phi) is 8.46. The van der Waals surface area contributed by atoms with E-state index in [1.165, 1.54) is 32.3 Å². The molecule has 0 radical (unpaired) electrons. The predicted octanol–water partition coefficient (Wildman–Crippen LogP) is 4.15. The molecule has 5 heterocycles. The van der Waals surface area contributed by atoms with Gasteiger partial charge in [0.1, 0.15) is 17.6 Å². The maximum atomic E-state index is 15.4. The normalized spacial score (nSPS) is 39.5. The van der Waals surface area contributed by atoms with Gasteiger partial charge in [0.05, 0.1) is 12.4 Å². The third-order valence-electron chi connectivity index (χ3n) is 12.2. The van der Waals surface area contributed by atoms with Crippen molar-refractivity contribution in [1.29, 1.82) is 0 Å². The van der Waals surface area contributed by atoms with Gasteiger partial charge in [0.2, 0.25) is 0 Å². The minimum Gasteiger partial charge on any atom is -0.497 e. The van der Waals surface area contributed by atoms with Crippen molar-refractivity contribution < 1.29 is 57.9 Å². The predicted molar refractivity (Wildman–Crippen MR) is 174 cm³/mol. The average Bonchev–Trinajstić information content (AvgIpc) is 4.02. The number of ether oxygens (including phenoxy) is 4. The first-order valence-electron chi connectivity index (χ1n) is 17.9. The molecule has 8 rings (SSSR count). The summed E-state index contributed by atoms with van der Waals surface area (Å²) in [4.78, 5) is 82.2. The standard InChI is InChI=1S/C38H44O12/c1-5-7-9-11-21-23-24-25(28(40)32-36(49-32,29(24)41)15-13-18(3)33(42)43)30(48-21)38-20(17-47-22(26(23)38)12-10-8-6-2)27(39)31-37(50-31,35(38)46)16-14-19(4)34(44)45/h13-14,17,21-23,26,30-32H,5-12,15-16H2,1-4H3,(H,42,43)(H,44,45). The highest BCUT2D eigenvalue weighted by molar-refractivity contribution is 6.25. The third-order valence-corrected chi connectivity index (χ3v) is 12.2. The first kappa shape index (κ1) is 34.7. The fourth-order valence-corrected chi connectivity index (χ4v) is 9.47. The van der Waals surface area contributed by atoms with Crippen LogP contribution in [0.25, 0.3) is 0 Å². The number of carboxylic acids is 2. The van der Waals surface area contributed by atoms with Crippen LogP contribution in [0.3, 0.4) is 0 Å². The number of rotatable bonds is 14. The van der Waals surface area contributed by atoms with Crippen LogP contribution in [0, 0.1) is 17.3 Å². The van der Waals surface area contributed by atoms with Crippen LogP contribution in [0.1, 0.15) is 91.9 Å². The number of fused-ring (bicyclic) bond motifs is 3. The van der Waals surface area contributed by atoms with Gasteiger partial charge >= 0.3 is 11.9 Å². The number of aliphatic carboxylic acids is 2. The second-order valence-corrected chi connectivity index (χ2v) is 15.0. The Bertz CT molecular complexity index is 1710. The van der Waals surface area contributed by atoms with Crippen LogP contribution in [-0.2, 0) is 47.7 Å². The number of carboxylic acid groups (broad SMARTS) is 2. The number of hydrogen-bond acceptors (Lipinski definition) is 10. The van der Waals surface area contributed by atoms with E-state index in [1.807, 2.05) is 0 Å². The monoisotopic (exact) mass is 692 g/mol. The number of Topliss-reactive ketones (excluding diaryl/α,β-unsaturated/α-hetero) is 4. The fraction of sp³-hybridized carbons (Fsp3) is 0.632. The molecular formula is C38H44O12. The molecule has 1 spiro atoms. The minimum absolute atomic E-state index is 0.00135. The molecule has 5 aliphatic heterocycles. The summed E-state index contributed by atoms with van der Waals surface area (Å²) < 4.78 is 25.1. The summed E-state index contributed by atoms with van der Waals surface area (Å²) in [5.41, 5.74) is -4.51. The second kappa shape index (κ2) is 12.2. The fourth-order valence-electron chi connectivity index (χ4n) is 9.47. The summed E-state index contributed by atoms with van der Waals surface area (Å²) in [7, 11) is 0. The highest BCUT2D eigenvalue weighted by Crippen LogP contribution is 2.70. The summed E-state index contributed by atoms with van der Waals surface area (Å²) in [6.07, 6.45) is 5.37. The van der Waals surface area contributed by atoms with E-state index in [-0.39, 0.29) is 40.7 Å². The zero-order valence-corrected chi connectivity index (χ0v) is 28.8. The van der Waals surface area contributed by atoms with Crippen LogP contribution in [0.2, 0.25) is 0 Å². The van der Waals surface area contributed by atoms with Gasteiger partial charge in [0, 0.05) is 52.5 Å². The van der Waals surface area contributed by atoms with Crippen molar-refractivity contribution in [2.75, 3.05) is 0 Å². The van der Waals surface area contributed by atoms with E-state index >= 15 is 4.79 Å². The van der Waals surface area contributed by atoms with Crippen LogP contribution in [0.15, 0.2) is 46.3 Å². The van der Waals surface area contributed by atoms with Crippen molar-refractivity contribution in [1.82, 2.24) is 0 Å². The zero-order valence-electron chi connectivity index (χ0n) is 28.8. The van der Waals surface area contributed by atoms with E-state index in [4.69, 9.17) is 18.9 Å². The Balaban J connectivity index is 1.41. The van der Waals surface area contributed by atoms with Crippen LogP contribution in [0.4, 0.5) is 0 Å². The van der Waals surface area contributed by atoms with Crippen molar-refractivity contribution in [2.45, 2.75) is 134 Å². The molecule has 2 N–H and O–H groups in total. The molecule has 4 fully saturated rings. The number of ketones is 4. The number of carbonyl (C=O) groups is 6. The first-order chi connectivity index (χ1) is 23.8. The van der Waals surface area contributed by atoms with Gasteiger partial charge in [-0.05, 0) is 33.1 Å². The quantitative estimate of drug-likeness (QED) is 0.151. The Morgan fingerprint density at radius 1 is 0.760 bits per heavy atom. The second-order valence-electron chi connectivity index (χ2n) is 15.0. The van der Waals surface area contributed by atoms with E-state index in [0.717, 1.165) is 38.5 Å². The molecule has 8 aliphatic rings. The summed E-state index contributed by atoms with van der Waals surface area (Å²) >= 11 is 0. The van der Waals surface area contributed by atoms with Crippen molar-refractivity contribution in [3.63, 3.8) is 0 Å². The lowest BCUT2D eigenvalue weighted by molar-refractivity contribution is -0.213. The maximum Gasteiger partial charge on any atom is 0.330 e. The van der Waals surface area contributed by atoms with Crippen LogP contribution < -0.4 is 0 Å². The summed E-state index contributed by atoms with van der Waals surface area (Å²) in [5, 5.41) is 19.0. The molecule has 10 atom stereocenters. The summed E-state index contributed by atoms with van der Waals surface area (Å²) in [6.45, 7) is 6.96. The van der Waals surface area contributed by atoms with E-state index in [1.54, 1.807) is 0 Å². The lowest BCUT2D eigenvalue weighted by Crippen LogP contribution is -2.74. The average molecular weight is 693 g/mol. The van der Waals surface area contributed by atoms with Gasteiger partial charge in [-0.15, -0.1) is 0 Å². The zero-order chi connectivity index (χ0) is 35.9. The minimum atomic E-state index is -1.71. The molecule has 12 heteroatoms. The van der Waals surface area contributed by atoms with Crippen molar-refractivity contribution >= 4 is 35.1 Å². The molecule has 2 bridgehead atoms. The van der Waals surface area contributed by atoms with Crippen LogP contribution >= 0.6 is 0 Å². The van der Waals surface area contributed by atoms with Gasteiger partial charge in [-0.25, -0.2) is 9.59 Å². The highest BCUT2D eigenvalue weighted by Gasteiger charge is 2.85. The van der Waals surface area contributed by atoms with Crippen LogP contribution in [0.5, 0.6) is 0 Å². The molecule has 3 saturated heterocycles. The van der Waals surface area contributed by atoms with Crippen molar-refractivity contribution in [3.8, 4) is 0 Å². The molecule has 268 valence electrons. The number of carbonyl (C=O) groups excluding carboxylic acids is 4. The van der Waals surface area contributed by atoms with Crippen LogP contribution in [-0.4, -0.2) is 87.0 Å². The molecule has 0 aromatic heterocycles. The molecule has 50 heavy (non-hydrogen) atoms. The van der Waals surface area contributed by atoms with Gasteiger partial charge in [-0.2, -0.15) is 0 Å². The lowest BCUT2D eigenvalue weighted by atomic mass is 9.43. The van der Waals surface area contributed by atoms with Crippen molar-refractivity contribution in [2.24, 2.45) is 17.3 Å². The first-order valence-corrected chi connectivity index (χ1v) is 17.9. The number of unbranched alkanes of at least 4 members (excludes halogenated alkanes) is 4. The van der Waals surface area contributed by atoms with Gasteiger partial charge in [0.15, 0.2) is 46.5 Å². The molecule has 0 aromatic rings. The smallest absolute Gasteiger partial charge is 0.330 e. The molecule has 3 aliphatic carbocycles. The summed E-state index contributed by atoms with van der Waals surface area (Å²) in [5.74, 6) is -5.70. The third kappa shape index (κ3) is 4.66. The summed E-state index contributed by atoms with van der Waals surface area (Å²) in [6, 6.07) is 0. The number of hydrogen-bond donors (Lipinski definition) is 2. The highest BCUT2D eigenvalue weighted by atomic mass is 16.6. The topological polar surface area (TPSA) is 186 Å².